The second-order valence-electron chi connectivity index (χ2n) is 5.49. The van der Waals surface area contributed by atoms with Crippen molar-refractivity contribution in [2.24, 2.45) is 0 Å². The van der Waals surface area contributed by atoms with Crippen molar-refractivity contribution in [1.29, 1.82) is 0 Å². The molecule has 25 heavy (non-hydrogen) atoms. The van der Waals surface area contributed by atoms with Crippen molar-refractivity contribution >= 4 is 17.3 Å². The van der Waals surface area contributed by atoms with Gasteiger partial charge in [0.1, 0.15) is 18.4 Å². The fourth-order valence-corrected chi connectivity index (χ4v) is 2.40. The first kappa shape index (κ1) is 16.4. The van der Waals surface area contributed by atoms with Gasteiger partial charge in [-0.25, -0.2) is 0 Å². The summed E-state index contributed by atoms with van der Waals surface area (Å²) < 4.78 is 3.01. The Labute approximate surface area is 143 Å². The van der Waals surface area contributed by atoms with Gasteiger partial charge in [-0.05, 0) is 12.5 Å². The molecule has 2 aromatic heterocycles. The minimum atomic E-state index is -0.523. The molecular formula is C16H16N6O3. The van der Waals surface area contributed by atoms with E-state index in [1.54, 1.807) is 24.0 Å². The molecule has 0 aliphatic heterocycles. The van der Waals surface area contributed by atoms with E-state index in [0.29, 0.717) is 17.9 Å². The van der Waals surface area contributed by atoms with Gasteiger partial charge in [-0.2, -0.15) is 10.2 Å². The molecule has 9 nitrogen and oxygen atoms in total. The summed E-state index contributed by atoms with van der Waals surface area (Å²) in [7, 11) is 0. The Kier molecular flexibility index (Phi) is 4.55. The first-order valence-corrected chi connectivity index (χ1v) is 7.56. The topological polar surface area (TPSA) is 108 Å². The van der Waals surface area contributed by atoms with Crippen LogP contribution in [0.15, 0.2) is 48.9 Å². The summed E-state index contributed by atoms with van der Waals surface area (Å²) in [6, 6.07) is 9.83. The maximum Gasteiger partial charge on any atom is 0.309 e. The highest BCUT2D eigenvalue weighted by atomic mass is 16.6. The molecule has 2 heterocycles. The molecule has 1 amide bonds. The van der Waals surface area contributed by atoms with E-state index in [1.807, 2.05) is 30.3 Å². The first-order valence-electron chi connectivity index (χ1n) is 7.56. The lowest BCUT2D eigenvalue weighted by molar-refractivity contribution is -0.385. The molecule has 3 aromatic rings. The highest BCUT2D eigenvalue weighted by molar-refractivity contribution is 5.90. The quantitative estimate of drug-likeness (QED) is 0.545. The van der Waals surface area contributed by atoms with E-state index in [0.717, 1.165) is 11.8 Å². The van der Waals surface area contributed by atoms with Gasteiger partial charge in [0.25, 0.3) is 0 Å². The minimum Gasteiger partial charge on any atom is -0.322 e. The van der Waals surface area contributed by atoms with Crippen LogP contribution >= 0.6 is 0 Å². The summed E-state index contributed by atoms with van der Waals surface area (Å²) in [5, 5.41) is 21.6. The number of rotatable bonds is 6. The van der Waals surface area contributed by atoms with Crippen molar-refractivity contribution in [3.05, 3.63) is 70.3 Å². The first-order chi connectivity index (χ1) is 12.0. The van der Waals surface area contributed by atoms with Gasteiger partial charge >= 0.3 is 5.69 Å². The van der Waals surface area contributed by atoms with Gasteiger partial charge < -0.3 is 5.32 Å². The number of benzene rings is 1. The Morgan fingerprint density at radius 2 is 2.00 bits per heavy atom. The highest BCUT2D eigenvalue weighted by Crippen LogP contribution is 2.16. The maximum absolute atomic E-state index is 12.1. The summed E-state index contributed by atoms with van der Waals surface area (Å²) in [4.78, 5) is 22.4. The van der Waals surface area contributed by atoms with Crippen LogP contribution in [-0.4, -0.2) is 30.4 Å². The largest absolute Gasteiger partial charge is 0.322 e. The van der Waals surface area contributed by atoms with Crippen molar-refractivity contribution in [2.45, 2.75) is 20.0 Å². The molecule has 0 aliphatic carbocycles. The molecule has 9 heteroatoms. The van der Waals surface area contributed by atoms with Gasteiger partial charge in [0.15, 0.2) is 0 Å². The lowest BCUT2D eigenvalue weighted by atomic mass is 10.2. The smallest absolute Gasteiger partial charge is 0.309 e. The van der Waals surface area contributed by atoms with Crippen LogP contribution in [0.25, 0.3) is 0 Å². The molecule has 0 saturated heterocycles. The van der Waals surface area contributed by atoms with Gasteiger partial charge in [-0.15, -0.1) is 0 Å². The van der Waals surface area contributed by atoms with Crippen LogP contribution in [0, 0.1) is 17.0 Å². The number of hydrogen-bond donors (Lipinski definition) is 1. The monoisotopic (exact) mass is 340 g/mol. The zero-order valence-electron chi connectivity index (χ0n) is 13.5. The van der Waals surface area contributed by atoms with Crippen LogP contribution in [-0.2, 0) is 17.9 Å². The number of amides is 1. The number of nitro groups is 1. The Morgan fingerprint density at radius 3 is 2.68 bits per heavy atom. The lowest BCUT2D eigenvalue weighted by Gasteiger charge is -2.04. The number of nitrogens with one attached hydrogen (secondary N) is 1. The number of carbonyl (C=O) groups is 1. The van der Waals surface area contributed by atoms with Crippen molar-refractivity contribution in [3.63, 3.8) is 0 Å². The summed E-state index contributed by atoms with van der Waals surface area (Å²) in [6.45, 7) is 2.04. The second-order valence-corrected chi connectivity index (χ2v) is 5.49. The average Bonchev–Trinajstić information content (AvgIpc) is 3.16. The predicted octanol–water partition coefficient (Wildman–Crippen LogP) is 1.98. The van der Waals surface area contributed by atoms with Crippen LogP contribution in [0.2, 0.25) is 0 Å². The highest BCUT2D eigenvalue weighted by Gasteiger charge is 2.18. The number of carbonyl (C=O) groups excluding carboxylic acids is 1. The molecule has 0 fully saturated rings. The van der Waals surface area contributed by atoms with Gasteiger partial charge in [0.05, 0.1) is 23.4 Å². The molecule has 3 rings (SSSR count). The molecule has 0 bridgehead atoms. The summed E-state index contributed by atoms with van der Waals surface area (Å²) in [5.41, 5.74) is 1.88. The van der Waals surface area contributed by atoms with Gasteiger partial charge in [0.2, 0.25) is 5.91 Å². The van der Waals surface area contributed by atoms with E-state index >= 15 is 0 Å². The Morgan fingerprint density at radius 1 is 1.24 bits per heavy atom. The fourth-order valence-electron chi connectivity index (χ4n) is 2.40. The van der Waals surface area contributed by atoms with Crippen LogP contribution in [0.5, 0.6) is 0 Å². The summed E-state index contributed by atoms with van der Waals surface area (Å²) in [6.07, 6.45) is 4.42. The fraction of sp³-hybridized carbons (Fsp3) is 0.188. The Bertz CT molecular complexity index is 900. The third-order valence-electron chi connectivity index (χ3n) is 3.67. The number of anilines is 1. The third-order valence-corrected chi connectivity index (χ3v) is 3.67. The van der Waals surface area contributed by atoms with Gasteiger partial charge in [0, 0.05) is 6.20 Å². The van der Waals surface area contributed by atoms with E-state index in [4.69, 9.17) is 0 Å². The number of nitrogens with zero attached hydrogens (tertiary/aromatic N) is 5. The third kappa shape index (κ3) is 3.89. The van der Waals surface area contributed by atoms with Crippen LogP contribution in [0.4, 0.5) is 11.4 Å². The molecule has 1 aromatic carbocycles. The minimum absolute atomic E-state index is 0.108. The van der Waals surface area contributed by atoms with E-state index in [-0.39, 0.29) is 18.1 Å². The van der Waals surface area contributed by atoms with Gasteiger partial charge in [-0.3, -0.25) is 24.3 Å². The second kappa shape index (κ2) is 6.95. The summed E-state index contributed by atoms with van der Waals surface area (Å²) >= 11 is 0. The number of aromatic nitrogens is 4. The SMILES string of the molecule is Cc1c([N+](=O)[O-])cnn1CC(=O)Nc1cnn(Cc2ccccc2)c1. The van der Waals surface area contributed by atoms with E-state index in [1.165, 1.54) is 4.68 Å². The predicted molar refractivity (Wildman–Crippen MR) is 90.0 cm³/mol. The van der Waals surface area contributed by atoms with Crippen molar-refractivity contribution < 1.29 is 9.72 Å². The molecule has 0 radical (unpaired) electrons. The van der Waals surface area contributed by atoms with E-state index in [9.17, 15) is 14.9 Å². The zero-order valence-corrected chi connectivity index (χ0v) is 13.5. The van der Waals surface area contributed by atoms with Crippen LogP contribution in [0.1, 0.15) is 11.3 Å². The standard InChI is InChI=1S/C16H16N6O3/c1-12-15(22(24)25)8-18-21(12)11-16(23)19-14-7-17-20(10-14)9-13-5-3-2-4-6-13/h2-8,10H,9,11H2,1H3,(H,19,23). The molecular weight excluding hydrogens is 324 g/mol. The molecule has 0 saturated carbocycles. The van der Waals surface area contributed by atoms with Crippen molar-refractivity contribution in [2.75, 3.05) is 5.32 Å². The average molecular weight is 340 g/mol. The van der Waals surface area contributed by atoms with E-state index in [2.05, 4.69) is 15.5 Å². The van der Waals surface area contributed by atoms with Crippen LogP contribution in [0.3, 0.4) is 0 Å². The normalized spacial score (nSPS) is 10.6. The number of hydrogen-bond acceptors (Lipinski definition) is 5. The van der Waals surface area contributed by atoms with Crippen molar-refractivity contribution in [3.8, 4) is 0 Å². The Hall–Kier alpha value is -3.49. The lowest BCUT2D eigenvalue weighted by Crippen LogP contribution is -2.20. The van der Waals surface area contributed by atoms with Gasteiger partial charge in [-0.1, -0.05) is 30.3 Å². The Balaban J connectivity index is 1.61. The molecule has 0 aliphatic rings. The molecule has 0 spiro atoms. The summed E-state index contributed by atoms with van der Waals surface area (Å²) in [5.74, 6) is -0.333. The molecule has 0 unspecified atom stereocenters. The maximum atomic E-state index is 12.1. The molecule has 1 N–H and O–H groups in total. The van der Waals surface area contributed by atoms with Crippen LogP contribution < -0.4 is 5.32 Å². The molecule has 128 valence electrons. The zero-order chi connectivity index (χ0) is 17.8. The van der Waals surface area contributed by atoms with E-state index < -0.39 is 4.92 Å². The van der Waals surface area contributed by atoms with Crippen molar-refractivity contribution in [1.82, 2.24) is 19.6 Å². The molecule has 0 atom stereocenters.